The van der Waals surface area contributed by atoms with Crippen molar-refractivity contribution < 1.29 is 4.79 Å². The van der Waals surface area contributed by atoms with Crippen LogP contribution in [0.25, 0.3) is 0 Å². The van der Waals surface area contributed by atoms with E-state index in [9.17, 15) is 4.79 Å². The van der Waals surface area contributed by atoms with Crippen molar-refractivity contribution in [3.8, 4) is 0 Å². The first-order chi connectivity index (χ1) is 10.1. The molecule has 4 aliphatic rings. The summed E-state index contributed by atoms with van der Waals surface area (Å²) in [7, 11) is 0. The van der Waals surface area contributed by atoms with E-state index in [-0.39, 0.29) is 10.8 Å². The van der Waals surface area contributed by atoms with Crippen molar-refractivity contribution in [2.45, 2.75) is 32.9 Å². The summed E-state index contributed by atoms with van der Waals surface area (Å²) in [6, 6.07) is 10.8. The number of Topliss-reactive ketones (excluding diaryl/α,β-unsaturated/α-hetero) is 1. The fourth-order valence-electron chi connectivity index (χ4n) is 5.19. The highest BCUT2D eigenvalue weighted by atomic mass is 16.1. The van der Waals surface area contributed by atoms with E-state index in [2.05, 4.69) is 54.0 Å². The number of nitrogens with zero attached hydrogens (tertiary/aromatic N) is 2. The number of rotatable bonds is 3. The summed E-state index contributed by atoms with van der Waals surface area (Å²) in [6.07, 6.45) is 2.51. The van der Waals surface area contributed by atoms with Crippen molar-refractivity contribution in [3.05, 3.63) is 35.9 Å². The Morgan fingerprint density at radius 2 is 1.71 bits per heavy atom. The topological polar surface area (TPSA) is 23.6 Å². The summed E-state index contributed by atoms with van der Waals surface area (Å²) in [5.41, 5.74) is 1.11. The van der Waals surface area contributed by atoms with Crippen LogP contribution in [0.15, 0.2) is 30.3 Å². The second-order valence-corrected chi connectivity index (χ2v) is 7.51. The van der Waals surface area contributed by atoms with E-state index in [1.165, 1.54) is 5.56 Å². The number of hydrogen-bond donors (Lipinski definition) is 0. The maximum Gasteiger partial charge on any atom is 0.150 e. The fraction of sp³-hybridized carbons (Fsp3) is 0.611. The smallest absolute Gasteiger partial charge is 0.150 e. The van der Waals surface area contributed by atoms with Crippen molar-refractivity contribution in [1.82, 2.24) is 9.80 Å². The Bertz CT molecular complexity index is 552. The van der Waals surface area contributed by atoms with Crippen molar-refractivity contribution >= 4 is 5.78 Å². The second-order valence-electron chi connectivity index (χ2n) is 7.51. The zero-order chi connectivity index (χ0) is 14.7. The van der Waals surface area contributed by atoms with E-state index in [1.54, 1.807) is 0 Å². The van der Waals surface area contributed by atoms with Crippen molar-refractivity contribution in [2.75, 3.05) is 26.2 Å². The van der Waals surface area contributed by atoms with Gasteiger partial charge >= 0.3 is 0 Å². The lowest BCUT2D eigenvalue weighted by atomic mass is 9.59. The molecule has 4 heterocycles. The van der Waals surface area contributed by atoms with Gasteiger partial charge in [-0.05, 0) is 12.0 Å². The number of ketones is 1. The minimum Gasteiger partial charge on any atom is -0.298 e. The first-order valence-electron chi connectivity index (χ1n) is 8.16. The van der Waals surface area contributed by atoms with Gasteiger partial charge in [-0.15, -0.1) is 0 Å². The Labute approximate surface area is 126 Å². The SMILES string of the molecule is CCCC12CN3CC(C)(CN(C1)C3c1ccccc1)C2=O. The standard InChI is InChI=1S/C18H24N2O/c1-3-9-18-12-19-10-17(2,16(18)21)11-20(13-18)15(19)14-7-5-4-6-8-14/h4-8,15H,3,9-13H2,1-2H3. The number of hydrogen-bond acceptors (Lipinski definition) is 3. The van der Waals surface area contributed by atoms with E-state index >= 15 is 0 Å². The van der Waals surface area contributed by atoms with E-state index < -0.39 is 0 Å². The molecule has 0 aromatic heterocycles. The van der Waals surface area contributed by atoms with Crippen LogP contribution in [-0.4, -0.2) is 41.8 Å². The molecule has 4 aliphatic heterocycles. The second kappa shape index (κ2) is 4.40. The predicted molar refractivity (Wildman–Crippen MR) is 82.8 cm³/mol. The molecule has 4 fully saturated rings. The molecule has 1 aromatic rings. The molecule has 4 bridgehead atoms. The summed E-state index contributed by atoms with van der Waals surface area (Å²) < 4.78 is 0. The fourth-order valence-corrected chi connectivity index (χ4v) is 5.19. The lowest BCUT2D eigenvalue weighted by Gasteiger charge is -2.65. The highest BCUT2D eigenvalue weighted by Crippen LogP contribution is 2.53. The number of carbonyl (C=O) groups is 1. The summed E-state index contributed by atoms with van der Waals surface area (Å²) >= 11 is 0. The highest BCUT2D eigenvalue weighted by Gasteiger charge is 2.63. The molecule has 112 valence electrons. The van der Waals surface area contributed by atoms with Crippen LogP contribution in [0.4, 0.5) is 0 Å². The third kappa shape index (κ3) is 1.77. The van der Waals surface area contributed by atoms with Gasteiger partial charge in [0.1, 0.15) is 5.78 Å². The Morgan fingerprint density at radius 3 is 2.29 bits per heavy atom. The molecule has 0 aliphatic carbocycles. The number of piperidine rings is 2. The van der Waals surface area contributed by atoms with Gasteiger partial charge in [-0.25, -0.2) is 0 Å². The lowest BCUT2D eigenvalue weighted by molar-refractivity contribution is -0.201. The molecular formula is C18H24N2O. The molecule has 1 aromatic carbocycles. The van der Waals surface area contributed by atoms with Crippen LogP contribution < -0.4 is 0 Å². The Kier molecular flexibility index (Phi) is 2.82. The van der Waals surface area contributed by atoms with Gasteiger partial charge in [0, 0.05) is 26.2 Å². The van der Waals surface area contributed by atoms with Crippen molar-refractivity contribution in [2.24, 2.45) is 10.8 Å². The van der Waals surface area contributed by atoms with E-state index in [1.807, 2.05) is 0 Å². The zero-order valence-electron chi connectivity index (χ0n) is 13.0. The highest BCUT2D eigenvalue weighted by molar-refractivity contribution is 5.93. The Morgan fingerprint density at radius 1 is 1.10 bits per heavy atom. The van der Waals surface area contributed by atoms with Crippen LogP contribution in [0.5, 0.6) is 0 Å². The van der Waals surface area contributed by atoms with E-state index in [4.69, 9.17) is 0 Å². The molecule has 4 saturated heterocycles. The summed E-state index contributed by atoms with van der Waals surface area (Å²) in [4.78, 5) is 18.1. The maximum absolute atomic E-state index is 13.0. The normalized spacial score (nSPS) is 44.3. The van der Waals surface area contributed by atoms with Crippen LogP contribution in [0.1, 0.15) is 38.4 Å². The maximum atomic E-state index is 13.0. The molecular weight excluding hydrogens is 260 g/mol. The summed E-state index contributed by atoms with van der Waals surface area (Å²) in [5.74, 6) is 0.538. The van der Waals surface area contributed by atoms with Gasteiger partial charge in [0.15, 0.2) is 0 Å². The molecule has 0 saturated carbocycles. The summed E-state index contributed by atoms with van der Waals surface area (Å²) in [5, 5.41) is 0. The minimum atomic E-state index is -0.156. The van der Waals surface area contributed by atoms with E-state index in [0.717, 1.165) is 39.0 Å². The first-order valence-corrected chi connectivity index (χ1v) is 8.16. The molecule has 21 heavy (non-hydrogen) atoms. The van der Waals surface area contributed by atoms with Crippen LogP contribution in [-0.2, 0) is 4.79 Å². The van der Waals surface area contributed by atoms with Crippen molar-refractivity contribution in [3.63, 3.8) is 0 Å². The van der Waals surface area contributed by atoms with Crippen LogP contribution in [0, 0.1) is 10.8 Å². The molecule has 2 atom stereocenters. The van der Waals surface area contributed by atoms with Gasteiger partial charge in [-0.1, -0.05) is 50.6 Å². The van der Waals surface area contributed by atoms with Crippen molar-refractivity contribution in [1.29, 1.82) is 0 Å². The van der Waals surface area contributed by atoms with Gasteiger partial charge in [0.05, 0.1) is 17.0 Å². The number of carbonyl (C=O) groups excluding carboxylic acids is 1. The summed E-state index contributed by atoms with van der Waals surface area (Å²) in [6.45, 7) is 8.13. The van der Waals surface area contributed by atoms with Gasteiger partial charge in [0.25, 0.3) is 0 Å². The lowest BCUT2D eigenvalue weighted by Crippen LogP contribution is -2.76. The minimum absolute atomic E-state index is 0.106. The molecule has 5 rings (SSSR count). The first kappa shape index (κ1) is 13.5. The third-order valence-corrected chi connectivity index (χ3v) is 5.66. The predicted octanol–water partition coefficient (Wildman–Crippen LogP) is 2.69. The quantitative estimate of drug-likeness (QED) is 0.852. The monoisotopic (exact) mass is 284 g/mol. The molecule has 3 nitrogen and oxygen atoms in total. The zero-order valence-corrected chi connectivity index (χ0v) is 13.0. The van der Waals surface area contributed by atoms with Crippen LogP contribution in [0.3, 0.4) is 0 Å². The average Bonchev–Trinajstić information content (AvgIpc) is 2.45. The Balaban J connectivity index is 1.73. The van der Waals surface area contributed by atoms with Gasteiger partial charge < -0.3 is 0 Å². The molecule has 3 heteroatoms. The van der Waals surface area contributed by atoms with Gasteiger partial charge in [-0.2, -0.15) is 0 Å². The molecule has 0 N–H and O–H groups in total. The van der Waals surface area contributed by atoms with Gasteiger partial charge in [-0.3, -0.25) is 14.6 Å². The molecule has 2 unspecified atom stereocenters. The number of benzene rings is 1. The van der Waals surface area contributed by atoms with Crippen LogP contribution >= 0.6 is 0 Å². The molecule has 0 amide bonds. The third-order valence-electron chi connectivity index (χ3n) is 5.66. The largest absolute Gasteiger partial charge is 0.298 e. The molecule has 0 spiro atoms. The van der Waals surface area contributed by atoms with Crippen LogP contribution in [0.2, 0.25) is 0 Å². The Hall–Kier alpha value is -1.19. The molecule has 0 radical (unpaired) electrons. The van der Waals surface area contributed by atoms with Gasteiger partial charge in [0.2, 0.25) is 0 Å². The average molecular weight is 284 g/mol. The van der Waals surface area contributed by atoms with E-state index in [0.29, 0.717) is 11.9 Å².